The van der Waals surface area contributed by atoms with Crippen molar-refractivity contribution in [3.63, 3.8) is 0 Å². The third-order valence-electron chi connectivity index (χ3n) is 2.31. The number of aliphatic imine (C=N–C) groups is 1. The maximum Gasteiger partial charge on any atom is 0.436 e. The molecule has 0 aromatic rings. The summed E-state index contributed by atoms with van der Waals surface area (Å²) in [7, 11) is 0. The minimum atomic E-state index is -0.752. The highest BCUT2D eigenvalue weighted by Gasteiger charge is 2.26. The summed E-state index contributed by atoms with van der Waals surface area (Å²) >= 11 is 1.17. The predicted molar refractivity (Wildman–Crippen MR) is 98.2 cm³/mol. The molecule has 0 saturated carbocycles. The van der Waals surface area contributed by atoms with Crippen molar-refractivity contribution < 1.29 is 19.1 Å². The maximum atomic E-state index is 12.4. The average Bonchev–Trinajstić information content (AvgIpc) is 2.37. The second-order valence-electron chi connectivity index (χ2n) is 7.02. The van der Waals surface area contributed by atoms with Gasteiger partial charge in [0.1, 0.15) is 11.2 Å². The quantitative estimate of drug-likeness (QED) is 0.326. The van der Waals surface area contributed by atoms with Crippen LogP contribution in [0.4, 0.5) is 9.59 Å². The Morgan fingerprint density at radius 1 is 1.12 bits per heavy atom. The van der Waals surface area contributed by atoms with Gasteiger partial charge in [-0.05, 0) is 54.2 Å². The van der Waals surface area contributed by atoms with Crippen LogP contribution in [-0.4, -0.2) is 46.3 Å². The standard InChI is InChI=1S/C17H28N2O4S/c1-9-10-11-12-19(15(21)23-17(5,6)7)13(24-8)18-14(20)22-16(2,3)4/h1H,10-12H2,2-8H3/b18-13+. The van der Waals surface area contributed by atoms with Gasteiger partial charge in [-0.25, -0.2) is 9.59 Å². The number of amides is 2. The summed E-state index contributed by atoms with van der Waals surface area (Å²) < 4.78 is 10.6. The molecule has 24 heavy (non-hydrogen) atoms. The number of nitrogens with zero attached hydrogens (tertiary/aromatic N) is 2. The first-order chi connectivity index (χ1) is 10.9. The largest absolute Gasteiger partial charge is 0.443 e. The summed E-state index contributed by atoms with van der Waals surface area (Å²) in [6, 6.07) is 0. The molecule has 0 atom stereocenters. The number of hydrogen-bond donors (Lipinski definition) is 0. The number of unbranched alkanes of at least 4 members (excludes halogenated alkanes) is 1. The first kappa shape index (κ1) is 22.3. The smallest absolute Gasteiger partial charge is 0.436 e. The zero-order chi connectivity index (χ0) is 19.0. The fourth-order valence-corrected chi connectivity index (χ4v) is 2.05. The van der Waals surface area contributed by atoms with E-state index >= 15 is 0 Å². The van der Waals surface area contributed by atoms with Crippen molar-refractivity contribution in [3.8, 4) is 12.3 Å². The summed E-state index contributed by atoms with van der Waals surface area (Å²) in [5, 5.41) is 0.218. The van der Waals surface area contributed by atoms with E-state index in [4.69, 9.17) is 15.9 Å². The van der Waals surface area contributed by atoms with Crippen LogP contribution in [0.2, 0.25) is 0 Å². The maximum absolute atomic E-state index is 12.4. The number of hydrogen-bond acceptors (Lipinski definition) is 5. The van der Waals surface area contributed by atoms with Crippen LogP contribution in [0, 0.1) is 12.3 Å². The Hall–Kier alpha value is -1.68. The fraction of sp³-hybridized carbons (Fsp3) is 0.706. The predicted octanol–water partition coefficient (Wildman–Crippen LogP) is 4.29. The lowest BCUT2D eigenvalue weighted by Gasteiger charge is -2.27. The third kappa shape index (κ3) is 10.2. The molecule has 0 aromatic carbocycles. The van der Waals surface area contributed by atoms with Crippen LogP contribution < -0.4 is 0 Å². The van der Waals surface area contributed by atoms with E-state index in [0.29, 0.717) is 19.4 Å². The van der Waals surface area contributed by atoms with E-state index < -0.39 is 23.4 Å². The normalized spacial score (nSPS) is 12.3. The molecular weight excluding hydrogens is 328 g/mol. The molecule has 0 unspecified atom stereocenters. The van der Waals surface area contributed by atoms with Crippen LogP contribution in [0.25, 0.3) is 0 Å². The molecule has 0 aliphatic rings. The van der Waals surface area contributed by atoms with Gasteiger partial charge in [0.2, 0.25) is 0 Å². The molecule has 0 rings (SSSR count). The fourth-order valence-electron chi connectivity index (χ4n) is 1.50. The zero-order valence-electron chi connectivity index (χ0n) is 15.6. The average molecular weight is 356 g/mol. The lowest BCUT2D eigenvalue weighted by Crippen LogP contribution is -2.40. The Bertz CT molecular complexity index is 510. The van der Waals surface area contributed by atoms with Crippen LogP contribution in [0.3, 0.4) is 0 Å². The molecule has 0 aromatic heterocycles. The highest BCUT2D eigenvalue weighted by atomic mass is 32.2. The van der Waals surface area contributed by atoms with Gasteiger partial charge in [-0.1, -0.05) is 11.8 Å². The SMILES string of the molecule is C#CCCCN(C(=O)OC(C)(C)C)/C(=N\C(=O)OC(C)(C)C)SC. The lowest BCUT2D eigenvalue weighted by atomic mass is 10.2. The molecule has 0 spiro atoms. The molecule has 7 heteroatoms. The number of rotatable bonds is 3. The molecule has 0 saturated heterocycles. The summed E-state index contributed by atoms with van der Waals surface area (Å²) in [5.74, 6) is 2.52. The summed E-state index contributed by atoms with van der Waals surface area (Å²) in [6.45, 7) is 10.9. The van der Waals surface area contributed by atoms with Gasteiger partial charge in [0.15, 0.2) is 5.17 Å². The minimum Gasteiger partial charge on any atom is -0.443 e. The van der Waals surface area contributed by atoms with Crippen molar-refractivity contribution in [1.29, 1.82) is 0 Å². The van der Waals surface area contributed by atoms with Crippen molar-refractivity contribution in [2.24, 2.45) is 4.99 Å². The molecule has 136 valence electrons. The van der Waals surface area contributed by atoms with E-state index in [2.05, 4.69) is 10.9 Å². The molecule has 0 heterocycles. The van der Waals surface area contributed by atoms with Gasteiger partial charge in [-0.3, -0.25) is 4.90 Å². The van der Waals surface area contributed by atoms with Crippen LogP contribution in [-0.2, 0) is 9.47 Å². The topological polar surface area (TPSA) is 68.2 Å². The van der Waals surface area contributed by atoms with Gasteiger partial charge >= 0.3 is 12.2 Å². The van der Waals surface area contributed by atoms with E-state index in [1.54, 1.807) is 47.8 Å². The minimum absolute atomic E-state index is 0.218. The Kier molecular flexibility index (Phi) is 8.91. The van der Waals surface area contributed by atoms with Crippen molar-refractivity contribution in [1.82, 2.24) is 4.90 Å². The molecule has 0 fully saturated rings. The van der Waals surface area contributed by atoms with Gasteiger partial charge in [-0.15, -0.1) is 12.3 Å². The first-order valence-corrected chi connectivity index (χ1v) is 8.91. The van der Waals surface area contributed by atoms with E-state index in [0.717, 1.165) is 0 Å². The molecule has 0 aliphatic heterocycles. The summed E-state index contributed by atoms with van der Waals surface area (Å²) in [4.78, 5) is 29.6. The number of ether oxygens (including phenoxy) is 2. The highest BCUT2D eigenvalue weighted by molar-refractivity contribution is 8.13. The second kappa shape index (κ2) is 9.58. The van der Waals surface area contributed by atoms with Crippen molar-refractivity contribution in [2.75, 3.05) is 12.8 Å². The van der Waals surface area contributed by atoms with Crippen LogP contribution >= 0.6 is 11.8 Å². The summed E-state index contributed by atoms with van der Waals surface area (Å²) in [5.41, 5.74) is -1.32. The van der Waals surface area contributed by atoms with Gasteiger partial charge in [0.05, 0.1) is 0 Å². The second-order valence-corrected chi connectivity index (χ2v) is 7.79. The van der Waals surface area contributed by atoms with Crippen LogP contribution in [0.5, 0.6) is 0 Å². The number of terminal acetylenes is 1. The monoisotopic (exact) mass is 356 g/mol. The van der Waals surface area contributed by atoms with E-state index in [-0.39, 0.29) is 5.17 Å². The van der Waals surface area contributed by atoms with Crippen LogP contribution in [0.15, 0.2) is 4.99 Å². The van der Waals surface area contributed by atoms with Crippen molar-refractivity contribution >= 4 is 29.1 Å². The highest BCUT2D eigenvalue weighted by Crippen LogP contribution is 2.16. The van der Waals surface area contributed by atoms with Gasteiger partial charge in [0.25, 0.3) is 0 Å². The zero-order valence-corrected chi connectivity index (χ0v) is 16.5. The molecule has 2 amide bonds. The van der Waals surface area contributed by atoms with Crippen LogP contribution in [0.1, 0.15) is 54.4 Å². The van der Waals surface area contributed by atoms with E-state index in [1.165, 1.54) is 16.7 Å². The molecular formula is C17H28N2O4S. The molecule has 0 radical (unpaired) electrons. The number of thioether (sulfide) groups is 1. The first-order valence-electron chi connectivity index (χ1n) is 7.69. The van der Waals surface area contributed by atoms with Crippen molar-refractivity contribution in [3.05, 3.63) is 0 Å². The molecule has 0 aliphatic carbocycles. The molecule has 6 nitrogen and oxygen atoms in total. The van der Waals surface area contributed by atoms with Gasteiger partial charge < -0.3 is 9.47 Å². The third-order valence-corrected chi connectivity index (χ3v) is 2.99. The number of carbonyl (C=O) groups is 2. The van der Waals surface area contributed by atoms with Gasteiger partial charge in [0, 0.05) is 13.0 Å². The van der Waals surface area contributed by atoms with Gasteiger partial charge in [-0.2, -0.15) is 4.99 Å². The van der Waals surface area contributed by atoms with E-state index in [9.17, 15) is 9.59 Å². The lowest BCUT2D eigenvalue weighted by molar-refractivity contribution is 0.0372. The number of carbonyl (C=O) groups excluding carboxylic acids is 2. The Labute approximate surface area is 149 Å². The van der Waals surface area contributed by atoms with Crippen molar-refractivity contribution in [2.45, 2.75) is 65.6 Å². The summed E-state index contributed by atoms with van der Waals surface area (Å²) in [6.07, 6.45) is 6.74. The number of amidine groups is 1. The Balaban J connectivity index is 5.35. The molecule has 0 bridgehead atoms. The Morgan fingerprint density at radius 2 is 1.67 bits per heavy atom. The molecule has 0 N–H and O–H groups in total. The van der Waals surface area contributed by atoms with E-state index in [1.807, 2.05) is 0 Å². The Morgan fingerprint density at radius 3 is 2.08 bits per heavy atom.